The second-order valence-corrected chi connectivity index (χ2v) is 6.90. The lowest BCUT2D eigenvalue weighted by molar-refractivity contribution is 1.03. The summed E-state index contributed by atoms with van der Waals surface area (Å²) in [5.41, 5.74) is 7.65. The highest BCUT2D eigenvalue weighted by Crippen LogP contribution is 2.33. The van der Waals surface area contributed by atoms with Gasteiger partial charge in [-0.05, 0) is 35.7 Å². The maximum absolute atomic E-state index is 6.08. The number of aliphatic imine (C=N–C) groups is 1. The molecule has 2 heterocycles. The van der Waals surface area contributed by atoms with Crippen LogP contribution >= 0.6 is 11.6 Å². The van der Waals surface area contributed by atoms with Crippen LogP contribution in [0.25, 0.3) is 10.8 Å². The number of pyridine rings is 1. The van der Waals surface area contributed by atoms with Crippen LogP contribution in [-0.4, -0.2) is 16.5 Å². The van der Waals surface area contributed by atoms with Crippen LogP contribution in [0.5, 0.6) is 0 Å². The van der Waals surface area contributed by atoms with Gasteiger partial charge in [-0.15, -0.1) is 0 Å². The lowest BCUT2D eigenvalue weighted by Crippen LogP contribution is -2.19. The van der Waals surface area contributed by atoms with Gasteiger partial charge in [-0.1, -0.05) is 54.1 Å². The molecular formula is C23H15ClN4. The largest absolute Gasteiger partial charge is 0.264 e. The standard InChI is InChI=1S/C23H15ClN4/c24-18-10-7-16(8-11-18)21-20-12-9-15-4-1-2-6-19(15)22(20)26-23(28-27-21)17-5-3-13-25-14-17/h1-14H,(H,26,28). The summed E-state index contributed by atoms with van der Waals surface area (Å²) < 4.78 is 0. The molecule has 0 atom stereocenters. The number of halogens is 1. The fraction of sp³-hybridized carbons (Fsp3) is 0. The third kappa shape index (κ3) is 2.94. The minimum atomic E-state index is 0.662. The highest BCUT2D eigenvalue weighted by atomic mass is 35.5. The summed E-state index contributed by atoms with van der Waals surface area (Å²) in [6, 6.07) is 23.9. The first-order valence-corrected chi connectivity index (χ1v) is 9.28. The van der Waals surface area contributed by atoms with Gasteiger partial charge in [-0.25, -0.2) is 4.99 Å². The Kier molecular flexibility index (Phi) is 4.11. The first kappa shape index (κ1) is 16.7. The molecule has 0 saturated carbocycles. The summed E-state index contributed by atoms with van der Waals surface area (Å²) in [6.07, 6.45) is 3.52. The summed E-state index contributed by atoms with van der Waals surface area (Å²) in [7, 11) is 0. The van der Waals surface area contributed by atoms with Gasteiger partial charge in [0.15, 0.2) is 5.84 Å². The molecule has 0 radical (unpaired) electrons. The number of fused-ring (bicyclic) bond motifs is 3. The number of amidine groups is 1. The average Bonchev–Trinajstić information content (AvgIpc) is 2.95. The molecule has 1 aliphatic heterocycles. The van der Waals surface area contributed by atoms with E-state index in [0.717, 1.165) is 38.9 Å². The van der Waals surface area contributed by atoms with Crippen molar-refractivity contribution < 1.29 is 0 Å². The summed E-state index contributed by atoms with van der Waals surface area (Å²) >= 11 is 6.08. The van der Waals surface area contributed by atoms with Crippen molar-refractivity contribution in [2.24, 2.45) is 10.1 Å². The van der Waals surface area contributed by atoms with Crippen LogP contribution in [-0.2, 0) is 0 Å². The number of hydrazone groups is 1. The van der Waals surface area contributed by atoms with Crippen LogP contribution in [0.4, 0.5) is 5.69 Å². The molecule has 28 heavy (non-hydrogen) atoms. The maximum Gasteiger partial charge on any atom is 0.155 e. The SMILES string of the molecule is Clc1ccc(C2=NNC(c3cccnc3)=Nc3c2ccc2ccccc32)cc1. The van der Waals surface area contributed by atoms with E-state index in [-0.39, 0.29) is 0 Å². The van der Waals surface area contributed by atoms with Crippen LogP contribution in [0, 0.1) is 0 Å². The van der Waals surface area contributed by atoms with Crippen LogP contribution in [0.1, 0.15) is 16.7 Å². The topological polar surface area (TPSA) is 49.6 Å². The first-order valence-electron chi connectivity index (χ1n) is 8.90. The third-order valence-corrected chi connectivity index (χ3v) is 4.96. The summed E-state index contributed by atoms with van der Waals surface area (Å²) in [6.45, 7) is 0. The van der Waals surface area contributed by atoms with Gasteiger partial charge in [-0.2, -0.15) is 5.10 Å². The van der Waals surface area contributed by atoms with Gasteiger partial charge < -0.3 is 0 Å². The van der Waals surface area contributed by atoms with E-state index in [2.05, 4.69) is 34.7 Å². The Bertz CT molecular complexity index is 1230. The number of nitrogens with zero attached hydrogens (tertiary/aromatic N) is 3. The van der Waals surface area contributed by atoms with Crippen molar-refractivity contribution in [2.75, 3.05) is 0 Å². The molecule has 0 fully saturated rings. The Morgan fingerprint density at radius 3 is 2.46 bits per heavy atom. The lowest BCUT2D eigenvalue weighted by atomic mass is 9.97. The second-order valence-electron chi connectivity index (χ2n) is 6.46. The van der Waals surface area contributed by atoms with Gasteiger partial charge in [0.1, 0.15) is 0 Å². The molecule has 1 aromatic heterocycles. The second kappa shape index (κ2) is 6.91. The molecule has 0 amide bonds. The predicted molar refractivity (Wildman–Crippen MR) is 115 cm³/mol. The average molecular weight is 383 g/mol. The van der Waals surface area contributed by atoms with E-state index in [1.807, 2.05) is 48.5 Å². The van der Waals surface area contributed by atoms with E-state index in [0.29, 0.717) is 10.9 Å². The molecule has 0 bridgehead atoms. The molecule has 4 nitrogen and oxygen atoms in total. The molecule has 1 N–H and O–H groups in total. The van der Waals surface area contributed by atoms with Crippen molar-refractivity contribution >= 4 is 39.6 Å². The molecule has 4 aromatic rings. The van der Waals surface area contributed by atoms with Gasteiger partial charge in [0.2, 0.25) is 0 Å². The zero-order valence-electron chi connectivity index (χ0n) is 14.8. The van der Waals surface area contributed by atoms with Crippen molar-refractivity contribution in [1.82, 2.24) is 10.4 Å². The summed E-state index contributed by atoms with van der Waals surface area (Å²) in [5, 5.41) is 7.59. The fourth-order valence-electron chi connectivity index (χ4n) is 3.33. The van der Waals surface area contributed by atoms with Crippen molar-refractivity contribution in [3.05, 3.63) is 107 Å². The van der Waals surface area contributed by atoms with Gasteiger partial charge in [0.25, 0.3) is 0 Å². The molecule has 134 valence electrons. The quantitative estimate of drug-likeness (QED) is 0.510. The van der Waals surface area contributed by atoms with Crippen molar-refractivity contribution in [3.8, 4) is 0 Å². The summed E-state index contributed by atoms with van der Waals surface area (Å²) in [5.74, 6) is 0.662. The molecule has 5 heteroatoms. The van der Waals surface area contributed by atoms with Crippen molar-refractivity contribution in [1.29, 1.82) is 0 Å². The smallest absolute Gasteiger partial charge is 0.155 e. The number of benzene rings is 3. The predicted octanol–water partition coefficient (Wildman–Crippen LogP) is 5.32. The van der Waals surface area contributed by atoms with E-state index < -0.39 is 0 Å². The Morgan fingerprint density at radius 2 is 1.64 bits per heavy atom. The summed E-state index contributed by atoms with van der Waals surface area (Å²) in [4.78, 5) is 9.17. The van der Waals surface area contributed by atoms with Gasteiger partial charge >= 0.3 is 0 Å². The molecule has 5 rings (SSSR count). The normalized spacial score (nSPS) is 13.2. The Labute approximate surface area is 167 Å². The number of nitrogens with one attached hydrogen (secondary N) is 1. The van der Waals surface area contributed by atoms with Crippen LogP contribution in [0.3, 0.4) is 0 Å². The first-order chi connectivity index (χ1) is 13.8. The molecule has 0 spiro atoms. The van der Waals surface area contributed by atoms with E-state index in [1.165, 1.54) is 0 Å². The van der Waals surface area contributed by atoms with Crippen LogP contribution in [0.15, 0.2) is 95.3 Å². The Balaban J connectivity index is 1.78. The minimum Gasteiger partial charge on any atom is -0.264 e. The van der Waals surface area contributed by atoms with Crippen LogP contribution < -0.4 is 5.43 Å². The minimum absolute atomic E-state index is 0.662. The van der Waals surface area contributed by atoms with Gasteiger partial charge in [0, 0.05) is 39.5 Å². The van der Waals surface area contributed by atoms with Gasteiger partial charge in [0.05, 0.1) is 11.4 Å². The third-order valence-electron chi connectivity index (χ3n) is 4.71. The monoisotopic (exact) mass is 382 g/mol. The van der Waals surface area contributed by atoms with Crippen molar-refractivity contribution in [3.63, 3.8) is 0 Å². The zero-order chi connectivity index (χ0) is 18.9. The van der Waals surface area contributed by atoms with E-state index in [9.17, 15) is 0 Å². The van der Waals surface area contributed by atoms with Crippen molar-refractivity contribution in [2.45, 2.75) is 0 Å². The van der Waals surface area contributed by atoms with E-state index >= 15 is 0 Å². The van der Waals surface area contributed by atoms with Gasteiger partial charge in [-0.3, -0.25) is 10.4 Å². The molecule has 1 aliphatic rings. The highest BCUT2D eigenvalue weighted by molar-refractivity contribution is 6.31. The molecule has 3 aromatic carbocycles. The number of rotatable bonds is 2. The lowest BCUT2D eigenvalue weighted by Gasteiger charge is -2.10. The molecule has 0 unspecified atom stereocenters. The number of aromatic nitrogens is 1. The Morgan fingerprint density at radius 1 is 0.786 bits per heavy atom. The fourth-order valence-corrected chi connectivity index (χ4v) is 3.46. The van der Waals surface area contributed by atoms with E-state index in [1.54, 1.807) is 12.4 Å². The molecular weight excluding hydrogens is 368 g/mol. The highest BCUT2D eigenvalue weighted by Gasteiger charge is 2.19. The molecule has 0 saturated heterocycles. The van der Waals surface area contributed by atoms with E-state index in [4.69, 9.17) is 21.7 Å². The van der Waals surface area contributed by atoms with Crippen LogP contribution in [0.2, 0.25) is 5.02 Å². The number of hydrogen-bond donors (Lipinski definition) is 1. The zero-order valence-corrected chi connectivity index (χ0v) is 15.6. The Hall–Kier alpha value is -3.50. The number of hydrogen-bond acceptors (Lipinski definition) is 4. The molecule has 0 aliphatic carbocycles. The maximum atomic E-state index is 6.08.